The van der Waals surface area contributed by atoms with Crippen LogP contribution in [0, 0.1) is 6.92 Å². The molecule has 0 aliphatic heterocycles. The van der Waals surface area contributed by atoms with Crippen molar-refractivity contribution in [3.05, 3.63) is 102 Å². The maximum Gasteiger partial charge on any atom is 0.125 e. The second kappa shape index (κ2) is 8.05. The van der Waals surface area contributed by atoms with Crippen LogP contribution in [0.15, 0.2) is 84.9 Å². The molecule has 3 aromatic carbocycles. The highest BCUT2D eigenvalue weighted by atomic mass is 16.3. The summed E-state index contributed by atoms with van der Waals surface area (Å²) in [5.74, 6) is 0.227. The van der Waals surface area contributed by atoms with Crippen LogP contribution in [-0.4, -0.2) is 15.1 Å². The maximum absolute atomic E-state index is 10.4. The molecule has 3 nitrogen and oxygen atoms in total. The third-order valence-electron chi connectivity index (χ3n) is 4.84. The zero-order valence-electron chi connectivity index (χ0n) is 15.8. The number of aryl methyl sites for hydroxylation is 3. The minimum Gasteiger partial charge on any atom is -0.507 e. The second-order valence-corrected chi connectivity index (χ2v) is 6.82. The van der Waals surface area contributed by atoms with Crippen LogP contribution in [0.3, 0.4) is 0 Å². The number of nitrogens with zero attached hydrogens (tertiary/aromatic N) is 2. The molecule has 4 aromatic rings. The number of hydrogen-bond acceptors (Lipinski definition) is 3. The molecule has 0 aliphatic rings. The molecule has 0 saturated heterocycles. The van der Waals surface area contributed by atoms with E-state index in [4.69, 9.17) is 9.97 Å². The lowest BCUT2D eigenvalue weighted by Gasteiger charge is -2.14. The van der Waals surface area contributed by atoms with E-state index in [-0.39, 0.29) is 5.75 Å². The fraction of sp³-hybridized carbons (Fsp3) is 0.120. The summed E-state index contributed by atoms with van der Waals surface area (Å²) in [6.07, 6.45) is 1.62. The Bertz CT molecular complexity index is 1080. The Morgan fingerprint density at radius 2 is 1.32 bits per heavy atom. The highest BCUT2D eigenvalue weighted by molar-refractivity contribution is 5.71. The molecule has 0 atom stereocenters. The van der Waals surface area contributed by atoms with E-state index in [1.54, 1.807) is 6.07 Å². The van der Waals surface area contributed by atoms with Crippen molar-refractivity contribution >= 4 is 0 Å². The summed E-state index contributed by atoms with van der Waals surface area (Å²) in [6.45, 7) is 1.97. The first kappa shape index (κ1) is 17.9. The Balaban J connectivity index is 1.80. The van der Waals surface area contributed by atoms with E-state index in [0.29, 0.717) is 0 Å². The summed E-state index contributed by atoms with van der Waals surface area (Å²) < 4.78 is 0. The van der Waals surface area contributed by atoms with Crippen LogP contribution >= 0.6 is 0 Å². The summed E-state index contributed by atoms with van der Waals surface area (Å²) in [7, 11) is 0. The number of para-hydroxylation sites is 1. The third kappa shape index (κ3) is 3.79. The lowest BCUT2D eigenvalue weighted by Crippen LogP contribution is -2.05. The predicted octanol–water partition coefficient (Wildman–Crippen LogP) is 5.61. The van der Waals surface area contributed by atoms with Gasteiger partial charge in [-0.05, 0) is 37.5 Å². The summed E-state index contributed by atoms with van der Waals surface area (Å²) >= 11 is 0. The summed E-state index contributed by atoms with van der Waals surface area (Å²) in [6, 6.07) is 27.8. The van der Waals surface area contributed by atoms with Crippen molar-refractivity contribution in [2.75, 3.05) is 0 Å². The molecule has 138 valence electrons. The number of phenolic OH excluding ortho intramolecular Hbond substituents is 1. The number of hydrogen-bond donors (Lipinski definition) is 1. The van der Waals surface area contributed by atoms with E-state index >= 15 is 0 Å². The van der Waals surface area contributed by atoms with Gasteiger partial charge in [-0.3, -0.25) is 0 Å². The van der Waals surface area contributed by atoms with Gasteiger partial charge in [0.2, 0.25) is 0 Å². The highest BCUT2D eigenvalue weighted by Crippen LogP contribution is 2.32. The van der Waals surface area contributed by atoms with Gasteiger partial charge < -0.3 is 5.11 Å². The predicted molar refractivity (Wildman–Crippen MR) is 113 cm³/mol. The zero-order valence-corrected chi connectivity index (χ0v) is 15.8. The first-order chi connectivity index (χ1) is 13.7. The SMILES string of the molecule is Cc1nc(-c2ccccc2O)c(CCc2ccccc2)nc1-c1ccccc1. The van der Waals surface area contributed by atoms with Gasteiger partial charge in [0.1, 0.15) is 5.75 Å². The van der Waals surface area contributed by atoms with E-state index in [2.05, 4.69) is 36.4 Å². The average molecular weight is 366 g/mol. The van der Waals surface area contributed by atoms with Crippen LogP contribution in [0.1, 0.15) is 17.0 Å². The Hall–Kier alpha value is -3.46. The van der Waals surface area contributed by atoms with Crippen LogP contribution in [0.4, 0.5) is 0 Å². The van der Waals surface area contributed by atoms with Crippen molar-refractivity contribution in [1.29, 1.82) is 0 Å². The number of aromatic hydroxyl groups is 1. The summed E-state index contributed by atoms with van der Waals surface area (Å²) in [5, 5.41) is 10.4. The Morgan fingerprint density at radius 3 is 2.04 bits per heavy atom. The lowest BCUT2D eigenvalue weighted by atomic mass is 10.0. The number of phenols is 1. The molecular formula is C25H22N2O. The molecule has 1 aromatic heterocycles. The molecular weight excluding hydrogens is 344 g/mol. The van der Waals surface area contributed by atoms with Crippen LogP contribution in [0.2, 0.25) is 0 Å². The number of benzene rings is 3. The van der Waals surface area contributed by atoms with Gasteiger partial charge in [0.05, 0.1) is 22.8 Å². The third-order valence-corrected chi connectivity index (χ3v) is 4.84. The Kier molecular flexibility index (Phi) is 5.16. The zero-order chi connectivity index (χ0) is 19.3. The highest BCUT2D eigenvalue weighted by Gasteiger charge is 2.16. The first-order valence-corrected chi connectivity index (χ1v) is 9.47. The number of aromatic nitrogens is 2. The average Bonchev–Trinajstić information content (AvgIpc) is 2.74. The van der Waals surface area contributed by atoms with Gasteiger partial charge in [0.15, 0.2) is 0 Å². The molecule has 0 spiro atoms. The lowest BCUT2D eigenvalue weighted by molar-refractivity contribution is 0.477. The fourth-order valence-corrected chi connectivity index (χ4v) is 3.39. The molecule has 4 rings (SSSR count). The van der Waals surface area contributed by atoms with E-state index in [1.807, 2.05) is 49.4 Å². The molecule has 0 saturated carbocycles. The Labute approximate surface area is 165 Å². The van der Waals surface area contributed by atoms with Crippen LogP contribution in [-0.2, 0) is 12.8 Å². The Morgan fingerprint density at radius 1 is 0.679 bits per heavy atom. The molecule has 1 heterocycles. The van der Waals surface area contributed by atoms with E-state index in [9.17, 15) is 5.11 Å². The molecule has 0 unspecified atom stereocenters. The van der Waals surface area contributed by atoms with E-state index in [1.165, 1.54) is 5.56 Å². The normalized spacial score (nSPS) is 10.8. The fourth-order valence-electron chi connectivity index (χ4n) is 3.39. The molecule has 0 amide bonds. The maximum atomic E-state index is 10.4. The smallest absolute Gasteiger partial charge is 0.125 e. The van der Waals surface area contributed by atoms with Crippen molar-refractivity contribution in [2.45, 2.75) is 19.8 Å². The molecule has 0 radical (unpaired) electrons. The number of rotatable bonds is 5. The monoisotopic (exact) mass is 366 g/mol. The first-order valence-electron chi connectivity index (χ1n) is 9.47. The van der Waals surface area contributed by atoms with Gasteiger partial charge in [-0.2, -0.15) is 0 Å². The summed E-state index contributed by atoms with van der Waals surface area (Å²) in [4.78, 5) is 9.87. The molecule has 1 N–H and O–H groups in total. The van der Waals surface area contributed by atoms with Gasteiger partial charge in [0, 0.05) is 11.1 Å². The van der Waals surface area contributed by atoms with Gasteiger partial charge in [-0.25, -0.2) is 9.97 Å². The van der Waals surface area contributed by atoms with Gasteiger partial charge in [0.25, 0.3) is 0 Å². The van der Waals surface area contributed by atoms with Crippen molar-refractivity contribution in [3.63, 3.8) is 0 Å². The molecule has 3 heteroatoms. The largest absolute Gasteiger partial charge is 0.507 e. The summed E-state index contributed by atoms with van der Waals surface area (Å²) in [5.41, 5.74) is 6.43. The second-order valence-electron chi connectivity index (χ2n) is 6.82. The molecule has 28 heavy (non-hydrogen) atoms. The molecule has 0 aliphatic carbocycles. The van der Waals surface area contributed by atoms with Crippen LogP contribution in [0.5, 0.6) is 5.75 Å². The molecule has 0 fully saturated rings. The van der Waals surface area contributed by atoms with Crippen LogP contribution < -0.4 is 0 Å². The van der Waals surface area contributed by atoms with Gasteiger partial charge in [-0.1, -0.05) is 72.8 Å². The van der Waals surface area contributed by atoms with Crippen molar-refractivity contribution in [2.24, 2.45) is 0 Å². The van der Waals surface area contributed by atoms with Crippen molar-refractivity contribution in [1.82, 2.24) is 9.97 Å². The van der Waals surface area contributed by atoms with Gasteiger partial charge >= 0.3 is 0 Å². The minimum atomic E-state index is 0.227. The topological polar surface area (TPSA) is 46.0 Å². The quantitative estimate of drug-likeness (QED) is 0.499. The molecule has 0 bridgehead atoms. The van der Waals surface area contributed by atoms with Gasteiger partial charge in [-0.15, -0.1) is 0 Å². The standard InChI is InChI=1S/C25H22N2O/c1-18-24(20-12-6-3-7-13-20)27-22(17-16-19-10-4-2-5-11-19)25(26-18)21-14-8-9-15-23(21)28/h2-15,28H,16-17H2,1H3. The van der Waals surface area contributed by atoms with Crippen molar-refractivity contribution < 1.29 is 5.11 Å². The van der Waals surface area contributed by atoms with E-state index < -0.39 is 0 Å². The van der Waals surface area contributed by atoms with Crippen molar-refractivity contribution in [3.8, 4) is 28.3 Å². The van der Waals surface area contributed by atoms with Crippen LogP contribution in [0.25, 0.3) is 22.5 Å². The van der Waals surface area contributed by atoms with E-state index in [0.717, 1.165) is 46.7 Å². The minimum absolute atomic E-state index is 0.227.